The van der Waals surface area contributed by atoms with E-state index in [-0.39, 0.29) is 24.4 Å². The van der Waals surface area contributed by atoms with Crippen LogP contribution in [0.25, 0.3) is 11.0 Å². The molecule has 31 heavy (non-hydrogen) atoms. The lowest BCUT2D eigenvalue weighted by Gasteiger charge is -2.21. The molecule has 9 nitrogen and oxygen atoms in total. The number of carbonyl (C=O) groups excluding carboxylic acids is 2. The second kappa shape index (κ2) is 9.11. The highest BCUT2D eigenvalue weighted by molar-refractivity contribution is 5.91. The summed E-state index contributed by atoms with van der Waals surface area (Å²) in [4.78, 5) is 33.1. The Morgan fingerprint density at radius 1 is 1.16 bits per heavy atom. The van der Waals surface area contributed by atoms with Crippen molar-refractivity contribution in [3.63, 3.8) is 0 Å². The van der Waals surface area contributed by atoms with Crippen molar-refractivity contribution in [2.45, 2.75) is 52.1 Å². The Labute approximate surface area is 181 Å². The molecule has 3 rings (SSSR count). The maximum Gasteiger partial charge on any atom is 0.242 e. The van der Waals surface area contributed by atoms with Crippen LogP contribution in [0.4, 0.5) is 5.82 Å². The molecule has 2 heterocycles. The second-order valence-corrected chi connectivity index (χ2v) is 8.48. The predicted molar refractivity (Wildman–Crippen MR) is 119 cm³/mol. The van der Waals surface area contributed by atoms with Gasteiger partial charge in [0.15, 0.2) is 5.65 Å². The second-order valence-electron chi connectivity index (χ2n) is 8.48. The summed E-state index contributed by atoms with van der Waals surface area (Å²) in [6.07, 6.45) is 2.24. The van der Waals surface area contributed by atoms with Crippen molar-refractivity contribution in [3.8, 4) is 0 Å². The largest absolute Gasteiger partial charge is 0.370 e. The minimum Gasteiger partial charge on any atom is -0.370 e. The van der Waals surface area contributed by atoms with Crippen LogP contribution in [0.15, 0.2) is 36.5 Å². The molecule has 2 aromatic heterocycles. The van der Waals surface area contributed by atoms with E-state index < -0.39 is 11.9 Å². The summed E-state index contributed by atoms with van der Waals surface area (Å²) in [5.41, 5.74) is 6.63. The summed E-state index contributed by atoms with van der Waals surface area (Å²) < 4.78 is 1.85. The number of fused-ring (bicyclic) bond motifs is 1. The third-order valence-corrected chi connectivity index (χ3v) is 4.76. The first-order valence-corrected chi connectivity index (χ1v) is 10.2. The molecule has 1 atom stereocenters. The Kier molecular flexibility index (Phi) is 6.53. The molecule has 0 bridgehead atoms. The SMILES string of the molecule is Cc1nc(N[C@@H](Cc2ccccc2)C(=O)NCCC(N)=O)c2cnn(C(C)(C)C)c2n1. The molecule has 2 amide bonds. The van der Waals surface area contributed by atoms with Gasteiger partial charge in [0, 0.05) is 19.4 Å². The van der Waals surface area contributed by atoms with Crippen molar-refractivity contribution in [1.82, 2.24) is 25.1 Å². The zero-order valence-electron chi connectivity index (χ0n) is 18.3. The molecule has 3 aromatic rings. The van der Waals surface area contributed by atoms with Gasteiger partial charge in [-0.05, 0) is 33.3 Å². The molecule has 164 valence electrons. The van der Waals surface area contributed by atoms with Crippen molar-refractivity contribution in [2.24, 2.45) is 5.73 Å². The van der Waals surface area contributed by atoms with Crippen LogP contribution in [0, 0.1) is 6.92 Å². The van der Waals surface area contributed by atoms with Gasteiger partial charge in [-0.2, -0.15) is 5.10 Å². The Morgan fingerprint density at radius 2 is 1.87 bits per heavy atom. The van der Waals surface area contributed by atoms with Gasteiger partial charge in [0.05, 0.1) is 17.1 Å². The number of hydrogen-bond donors (Lipinski definition) is 3. The highest BCUT2D eigenvalue weighted by Crippen LogP contribution is 2.25. The Balaban J connectivity index is 1.93. The molecule has 0 spiro atoms. The number of aryl methyl sites for hydroxylation is 1. The van der Waals surface area contributed by atoms with Gasteiger partial charge in [-0.15, -0.1) is 0 Å². The first-order chi connectivity index (χ1) is 14.6. The molecule has 1 aromatic carbocycles. The standard InChI is InChI=1S/C22H29N7O2/c1-14-26-19(16-13-25-29(20(16)27-14)22(2,3)4)28-17(12-15-8-6-5-7-9-15)21(31)24-11-10-18(23)30/h5-9,13,17H,10-12H2,1-4H3,(H2,23,30)(H,24,31)(H,26,27,28)/t17-/m0/s1. The van der Waals surface area contributed by atoms with Gasteiger partial charge in [-0.3, -0.25) is 9.59 Å². The maximum absolute atomic E-state index is 12.9. The third-order valence-electron chi connectivity index (χ3n) is 4.76. The highest BCUT2D eigenvalue weighted by atomic mass is 16.2. The molecule has 9 heteroatoms. The van der Waals surface area contributed by atoms with Crippen molar-refractivity contribution in [1.29, 1.82) is 0 Å². The first-order valence-electron chi connectivity index (χ1n) is 10.2. The number of hydrogen-bond acceptors (Lipinski definition) is 6. The lowest BCUT2D eigenvalue weighted by Crippen LogP contribution is -2.42. The number of benzene rings is 1. The van der Waals surface area contributed by atoms with Crippen LogP contribution in [-0.2, 0) is 21.5 Å². The maximum atomic E-state index is 12.9. The molecule has 0 aliphatic heterocycles. The van der Waals surface area contributed by atoms with Crippen LogP contribution in [0.5, 0.6) is 0 Å². The molecule has 0 unspecified atom stereocenters. The summed E-state index contributed by atoms with van der Waals surface area (Å²) >= 11 is 0. The van der Waals surface area contributed by atoms with Crippen molar-refractivity contribution >= 4 is 28.7 Å². The number of nitrogens with one attached hydrogen (secondary N) is 2. The topological polar surface area (TPSA) is 128 Å². The number of anilines is 1. The van der Waals surface area contributed by atoms with Crippen LogP contribution in [-0.4, -0.2) is 44.1 Å². The van der Waals surface area contributed by atoms with E-state index in [4.69, 9.17) is 5.73 Å². The zero-order chi connectivity index (χ0) is 22.6. The summed E-state index contributed by atoms with van der Waals surface area (Å²) in [5.74, 6) is 0.422. The molecule has 0 radical (unpaired) electrons. The Morgan fingerprint density at radius 3 is 2.52 bits per heavy atom. The molecule has 0 aliphatic rings. The average Bonchev–Trinajstić information content (AvgIpc) is 3.12. The highest BCUT2D eigenvalue weighted by Gasteiger charge is 2.24. The number of carbonyl (C=O) groups is 2. The monoisotopic (exact) mass is 423 g/mol. The van der Waals surface area contributed by atoms with E-state index in [9.17, 15) is 9.59 Å². The molecular formula is C22H29N7O2. The number of nitrogens with zero attached hydrogens (tertiary/aromatic N) is 4. The van der Waals surface area contributed by atoms with E-state index in [0.29, 0.717) is 23.7 Å². The molecule has 0 saturated heterocycles. The van der Waals surface area contributed by atoms with Gasteiger partial charge in [-0.25, -0.2) is 14.6 Å². The van der Waals surface area contributed by atoms with E-state index in [1.807, 2.05) is 62.7 Å². The minimum atomic E-state index is -0.606. The fourth-order valence-corrected chi connectivity index (χ4v) is 3.27. The van der Waals surface area contributed by atoms with Crippen LogP contribution in [0.2, 0.25) is 0 Å². The number of primary amides is 1. The van der Waals surface area contributed by atoms with E-state index in [2.05, 4.69) is 25.7 Å². The van der Waals surface area contributed by atoms with E-state index in [0.717, 1.165) is 10.9 Å². The average molecular weight is 424 g/mol. The first kappa shape index (κ1) is 22.2. The quantitative estimate of drug-likeness (QED) is 0.508. The van der Waals surface area contributed by atoms with Gasteiger partial charge >= 0.3 is 0 Å². The molecule has 0 aliphatic carbocycles. The fraction of sp³-hybridized carbons (Fsp3) is 0.409. The van der Waals surface area contributed by atoms with E-state index in [1.165, 1.54) is 0 Å². The number of aromatic nitrogens is 4. The molecule has 0 saturated carbocycles. The fourth-order valence-electron chi connectivity index (χ4n) is 3.27. The summed E-state index contributed by atoms with van der Waals surface area (Å²) in [7, 11) is 0. The third kappa shape index (κ3) is 5.56. The summed E-state index contributed by atoms with van der Waals surface area (Å²) in [6.45, 7) is 8.14. The summed E-state index contributed by atoms with van der Waals surface area (Å²) in [6, 6.07) is 9.10. The number of amides is 2. The smallest absolute Gasteiger partial charge is 0.242 e. The van der Waals surface area contributed by atoms with Gasteiger partial charge in [0.1, 0.15) is 17.7 Å². The van der Waals surface area contributed by atoms with Crippen LogP contribution in [0.1, 0.15) is 38.6 Å². The molecule has 0 fully saturated rings. The van der Waals surface area contributed by atoms with Crippen molar-refractivity contribution in [3.05, 3.63) is 47.9 Å². The van der Waals surface area contributed by atoms with E-state index >= 15 is 0 Å². The van der Waals surface area contributed by atoms with Crippen molar-refractivity contribution in [2.75, 3.05) is 11.9 Å². The lowest BCUT2D eigenvalue weighted by molar-refractivity contribution is -0.122. The Bertz CT molecular complexity index is 1070. The number of rotatable bonds is 8. The predicted octanol–water partition coefficient (Wildman–Crippen LogP) is 1.90. The normalized spacial score (nSPS) is 12.5. The summed E-state index contributed by atoms with van der Waals surface area (Å²) in [5, 5.41) is 11.3. The van der Waals surface area contributed by atoms with Crippen LogP contribution < -0.4 is 16.4 Å². The van der Waals surface area contributed by atoms with Gasteiger partial charge in [-0.1, -0.05) is 30.3 Å². The molecule has 4 N–H and O–H groups in total. The van der Waals surface area contributed by atoms with Gasteiger partial charge < -0.3 is 16.4 Å². The minimum absolute atomic E-state index is 0.0824. The molecular weight excluding hydrogens is 394 g/mol. The lowest BCUT2D eigenvalue weighted by atomic mass is 10.0. The van der Waals surface area contributed by atoms with E-state index in [1.54, 1.807) is 6.20 Å². The van der Waals surface area contributed by atoms with Gasteiger partial charge in [0.25, 0.3) is 0 Å². The number of nitrogens with two attached hydrogens (primary N) is 1. The van der Waals surface area contributed by atoms with Gasteiger partial charge in [0.2, 0.25) is 11.8 Å². The Hall–Kier alpha value is -3.49. The van der Waals surface area contributed by atoms with Crippen LogP contribution in [0.3, 0.4) is 0 Å². The van der Waals surface area contributed by atoms with Crippen LogP contribution >= 0.6 is 0 Å². The zero-order valence-corrected chi connectivity index (χ0v) is 18.3. The van der Waals surface area contributed by atoms with Crippen molar-refractivity contribution < 1.29 is 9.59 Å².